The number of aryl methyl sites for hydroxylation is 1. The minimum absolute atomic E-state index is 0.210. The third-order valence-electron chi connectivity index (χ3n) is 3.03. The summed E-state index contributed by atoms with van der Waals surface area (Å²) < 4.78 is 5.19. The van der Waals surface area contributed by atoms with Crippen LogP contribution < -0.4 is 5.73 Å². The molecule has 1 heterocycles. The number of aromatic nitrogens is 1. The van der Waals surface area contributed by atoms with Crippen molar-refractivity contribution in [2.45, 2.75) is 33.8 Å². The highest BCUT2D eigenvalue weighted by Crippen LogP contribution is 2.12. The van der Waals surface area contributed by atoms with Gasteiger partial charge in [0.05, 0.1) is 23.1 Å². The van der Waals surface area contributed by atoms with Crippen molar-refractivity contribution in [2.75, 3.05) is 18.8 Å². The van der Waals surface area contributed by atoms with Crippen LogP contribution in [-0.4, -0.2) is 41.0 Å². The predicted molar refractivity (Wildman–Crippen MR) is 76.2 cm³/mol. The Bertz CT molecular complexity index is 498. The summed E-state index contributed by atoms with van der Waals surface area (Å²) in [5.41, 5.74) is 6.78. The number of nitrogens with two attached hydrogens (primary N) is 1. The van der Waals surface area contributed by atoms with Crippen molar-refractivity contribution in [3.63, 3.8) is 0 Å². The van der Waals surface area contributed by atoms with Crippen molar-refractivity contribution >= 4 is 17.6 Å². The minimum Gasteiger partial charge on any atom is -0.449 e. The van der Waals surface area contributed by atoms with Crippen LogP contribution in [0.4, 0.5) is 5.69 Å². The number of esters is 1. The number of nitrogen functional groups attached to an aromatic ring is 1. The Morgan fingerprint density at radius 2 is 2.00 bits per heavy atom. The topological polar surface area (TPSA) is 85.5 Å². The number of ether oxygens (including phenoxy) is 1. The molecule has 0 saturated carbocycles. The summed E-state index contributed by atoms with van der Waals surface area (Å²) in [6.07, 6.45) is 0.639. The van der Waals surface area contributed by atoms with Crippen LogP contribution in [0.1, 0.15) is 36.8 Å². The molecule has 0 aliphatic rings. The first-order valence-electron chi connectivity index (χ1n) is 6.62. The molecule has 2 N–H and O–H groups in total. The maximum Gasteiger partial charge on any atom is 0.340 e. The van der Waals surface area contributed by atoms with Crippen LogP contribution in [0.25, 0.3) is 0 Å². The van der Waals surface area contributed by atoms with Crippen molar-refractivity contribution in [3.05, 3.63) is 23.5 Å². The second-order valence-corrected chi connectivity index (χ2v) is 4.46. The van der Waals surface area contributed by atoms with Gasteiger partial charge >= 0.3 is 5.97 Å². The number of likely N-dealkylation sites (N-methyl/N-ethyl adjacent to an activating group) is 1. The Morgan fingerprint density at radius 3 is 2.55 bits per heavy atom. The highest BCUT2D eigenvalue weighted by atomic mass is 16.5. The number of carbonyl (C=O) groups is 2. The monoisotopic (exact) mass is 279 g/mol. The summed E-state index contributed by atoms with van der Waals surface area (Å²) in [5.74, 6) is -0.798. The van der Waals surface area contributed by atoms with Crippen LogP contribution >= 0.6 is 0 Å². The normalized spacial score (nSPS) is 11.8. The number of hydrogen-bond donors (Lipinski definition) is 1. The van der Waals surface area contributed by atoms with Crippen LogP contribution in [0.15, 0.2) is 12.3 Å². The van der Waals surface area contributed by atoms with E-state index in [1.54, 1.807) is 18.7 Å². The zero-order valence-corrected chi connectivity index (χ0v) is 12.3. The molecule has 0 aliphatic heterocycles. The lowest BCUT2D eigenvalue weighted by molar-refractivity contribution is -0.139. The molecule has 6 nitrogen and oxygen atoms in total. The largest absolute Gasteiger partial charge is 0.449 e. The number of rotatable bonds is 5. The van der Waals surface area contributed by atoms with E-state index in [0.29, 0.717) is 24.5 Å². The van der Waals surface area contributed by atoms with Gasteiger partial charge in [-0.1, -0.05) is 0 Å². The Balaban J connectivity index is 2.80. The zero-order valence-electron chi connectivity index (χ0n) is 12.3. The average Bonchev–Trinajstić information content (AvgIpc) is 2.42. The standard InChI is InChI=1S/C14H21N3O3/c1-5-17(6-2)13(18)10(4)20-14(19)12-7-11(15)8-16-9(12)3/h7-8,10H,5-6,15H2,1-4H3. The van der Waals surface area contributed by atoms with Crippen molar-refractivity contribution in [2.24, 2.45) is 0 Å². The maximum atomic E-state index is 12.0. The third-order valence-corrected chi connectivity index (χ3v) is 3.03. The molecule has 6 heteroatoms. The average molecular weight is 279 g/mol. The van der Waals surface area contributed by atoms with Crippen molar-refractivity contribution in [1.29, 1.82) is 0 Å². The van der Waals surface area contributed by atoms with Gasteiger partial charge in [0, 0.05) is 13.1 Å². The van der Waals surface area contributed by atoms with E-state index in [4.69, 9.17) is 10.5 Å². The van der Waals surface area contributed by atoms with Gasteiger partial charge in [-0.25, -0.2) is 4.79 Å². The summed E-state index contributed by atoms with van der Waals surface area (Å²) >= 11 is 0. The number of amides is 1. The Hall–Kier alpha value is -2.11. The van der Waals surface area contributed by atoms with Gasteiger partial charge in [-0.3, -0.25) is 9.78 Å². The lowest BCUT2D eigenvalue weighted by Gasteiger charge is -2.22. The molecule has 0 bridgehead atoms. The molecular weight excluding hydrogens is 258 g/mol. The van der Waals surface area contributed by atoms with Gasteiger partial charge in [-0.15, -0.1) is 0 Å². The van der Waals surface area contributed by atoms with Crippen LogP contribution in [0.3, 0.4) is 0 Å². The molecule has 1 rings (SSSR count). The van der Waals surface area contributed by atoms with E-state index in [2.05, 4.69) is 4.98 Å². The summed E-state index contributed by atoms with van der Waals surface area (Å²) in [4.78, 5) is 29.7. The number of anilines is 1. The molecule has 0 aliphatic carbocycles. The number of hydrogen-bond acceptors (Lipinski definition) is 5. The molecule has 0 radical (unpaired) electrons. The summed E-state index contributed by atoms with van der Waals surface area (Å²) in [6.45, 7) is 8.16. The summed E-state index contributed by atoms with van der Waals surface area (Å²) in [6, 6.07) is 1.50. The molecule has 0 aromatic carbocycles. The molecule has 110 valence electrons. The second-order valence-electron chi connectivity index (χ2n) is 4.46. The number of pyridine rings is 1. The van der Waals surface area contributed by atoms with E-state index in [1.165, 1.54) is 12.3 Å². The van der Waals surface area contributed by atoms with Crippen molar-refractivity contribution in [3.8, 4) is 0 Å². The van der Waals surface area contributed by atoms with Crippen molar-refractivity contribution < 1.29 is 14.3 Å². The third kappa shape index (κ3) is 3.69. The van der Waals surface area contributed by atoms with Gasteiger partial charge in [0.2, 0.25) is 0 Å². The van der Waals surface area contributed by atoms with Gasteiger partial charge in [-0.2, -0.15) is 0 Å². The van der Waals surface area contributed by atoms with Crippen LogP contribution in [0.2, 0.25) is 0 Å². The van der Waals surface area contributed by atoms with Gasteiger partial charge in [-0.05, 0) is 33.8 Å². The lowest BCUT2D eigenvalue weighted by atomic mass is 10.2. The van der Waals surface area contributed by atoms with E-state index in [1.807, 2.05) is 13.8 Å². The molecule has 1 aromatic rings. The first-order valence-corrected chi connectivity index (χ1v) is 6.62. The predicted octanol–water partition coefficient (Wildman–Crippen LogP) is 1.39. The van der Waals surface area contributed by atoms with E-state index in [-0.39, 0.29) is 11.5 Å². The van der Waals surface area contributed by atoms with E-state index in [9.17, 15) is 9.59 Å². The van der Waals surface area contributed by atoms with Crippen molar-refractivity contribution in [1.82, 2.24) is 9.88 Å². The molecular formula is C14H21N3O3. The maximum absolute atomic E-state index is 12.0. The quantitative estimate of drug-likeness (QED) is 0.823. The van der Waals surface area contributed by atoms with Gasteiger partial charge in [0.25, 0.3) is 5.91 Å². The minimum atomic E-state index is -0.830. The highest BCUT2D eigenvalue weighted by Gasteiger charge is 2.23. The second kappa shape index (κ2) is 6.88. The van der Waals surface area contributed by atoms with E-state index < -0.39 is 12.1 Å². The molecule has 0 fully saturated rings. The lowest BCUT2D eigenvalue weighted by Crippen LogP contribution is -2.39. The molecule has 1 atom stereocenters. The highest BCUT2D eigenvalue weighted by molar-refractivity contribution is 5.93. The van der Waals surface area contributed by atoms with Crippen LogP contribution in [0, 0.1) is 6.92 Å². The molecule has 0 spiro atoms. The molecule has 1 aromatic heterocycles. The fourth-order valence-corrected chi connectivity index (χ4v) is 1.82. The number of carbonyl (C=O) groups excluding carboxylic acids is 2. The molecule has 1 unspecified atom stereocenters. The van der Waals surface area contributed by atoms with Gasteiger partial charge in [0.15, 0.2) is 6.10 Å². The van der Waals surface area contributed by atoms with E-state index in [0.717, 1.165) is 0 Å². The molecule has 20 heavy (non-hydrogen) atoms. The first kappa shape index (κ1) is 15.9. The molecule has 0 saturated heterocycles. The Labute approximate surface area is 118 Å². The van der Waals surface area contributed by atoms with Gasteiger partial charge < -0.3 is 15.4 Å². The Morgan fingerprint density at radius 1 is 1.40 bits per heavy atom. The fourth-order valence-electron chi connectivity index (χ4n) is 1.82. The smallest absolute Gasteiger partial charge is 0.340 e. The van der Waals surface area contributed by atoms with Crippen LogP contribution in [0.5, 0.6) is 0 Å². The molecule has 1 amide bonds. The van der Waals surface area contributed by atoms with Gasteiger partial charge in [0.1, 0.15) is 0 Å². The SMILES string of the molecule is CCN(CC)C(=O)C(C)OC(=O)c1cc(N)cnc1C. The van der Waals surface area contributed by atoms with Crippen LogP contribution in [-0.2, 0) is 9.53 Å². The fraction of sp³-hybridized carbons (Fsp3) is 0.500. The zero-order chi connectivity index (χ0) is 15.3. The Kier molecular flexibility index (Phi) is 5.49. The first-order chi connectivity index (χ1) is 9.40. The number of nitrogens with zero attached hydrogens (tertiary/aromatic N) is 2. The van der Waals surface area contributed by atoms with E-state index >= 15 is 0 Å². The summed E-state index contributed by atoms with van der Waals surface area (Å²) in [5, 5.41) is 0. The summed E-state index contributed by atoms with van der Waals surface area (Å²) in [7, 11) is 0.